The molecule has 0 aliphatic carbocycles. The number of aliphatic hydroxyl groups excluding tert-OH is 1. The Morgan fingerprint density at radius 1 is 1.30 bits per heavy atom. The fourth-order valence-electron chi connectivity index (χ4n) is 1.47. The molecular formula is C12H14Cl2N2O4. The van der Waals surface area contributed by atoms with Crippen LogP contribution >= 0.6 is 23.2 Å². The highest BCUT2D eigenvalue weighted by Crippen LogP contribution is 2.29. The summed E-state index contributed by atoms with van der Waals surface area (Å²) in [7, 11) is 0. The average Bonchev–Trinajstić information content (AvgIpc) is 2.39. The average molecular weight is 321 g/mol. The van der Waals surface area contributed by atoms with Gasteiger partial charge in [-0.2, -0.15) is 0 Å². The predicted molar refractivity (Wildman–Crippen MR) is 76.2 cm³/mol. The second kappa shape index (κ2) is 8.06. The summed E-state index contributed by atoms with van der Waals surface area (Å²) in [5.41, 5.74) is 0.315. The van der Waals surface area contributed by atoms with Gasteiger partial charge in [-0.15, -0.1) is 0 Å². The van der Waals surface area contributed by atoms with Gasteiger partial charge in [0.1, 0.15) is 6.04 Å². The molecule has 0 aliphatic heterocycles. The van der Waals surface area contributed by atoms with Crippen LogP contribution in [0.3, 0.4) is 0 Å². The van der Waals surface area contributed by atoms with Crippen LogP contribution < -0.4 is 10.6 Å². The molecule has 0 saturated carbocycles. The Labute approximate surface area is 125 Å². The van der Waals surface area contributed by atoms with Crippen LogP contribution in [-0.4, -0.2) is 41.3 Å². The molecule has 1 amide bonds. The first-order valence-corrected chi connectivity index (χ1v) is 6.52. The molecule has 0 saturated heterocycles. The van der Waals surface area contributed by atoms with Crippen LogP contribution in [0.5, 0.6) is 0 Å². The number of anilines is 1. The van der Waals surface area contributed by atoms with Crippen molar-refractivity contribution in [2.75, 3.05) is 18.5 Å². The zero-order chi connectivity index (χ0) is 15.1. The molecule has 0 heterocycles. The first kappa shape index (κ1) is 16.7. The third-order valence-corrected chi connectivity index (χ3v) is 3.23. The second-order valence-corrected chi connectivity index (χ2v) is 4.71. The molecule has 1 atom stereocenters. The van der Waals surface area contributed by atoms with E-state index in [-0.39, 0.29) is 29.6 Å². The lowest BCUT2D eigenvalue weighted by Gasteiger charge is -2.14. The third kappa shape index (κ3) is 4.97. The van der Waals surface area contributed by atoms with Crippen molar-refractivity contribution in [3.63, 3.8) is 0 Å². The highest BCUT2D eigenvalue weighted by molar-refractivity contribution is 6.43. The van der Waals surface area contributed by atoms with Crippen molar-refractivity contribution in [1.82, 2.24) is 5.32 Å². The number of carboxylic acid groups (broad SMARTS) is 1. The van der Waals surface area contributed by atoms with Gasteiger partial charge in [0.2, 0.25) is 5.91 Å². The topological polar surface area (TPSA) is 98.7 Å². The zero-order valence-electron chi connectivity index (χ0n) is 10.4. The number of halogens is 2. The van der Waals surface area contributed by atoms with Gasteiger partial charge in [-0.1, -0.05) is 29.3 Å². The summed E-state index contributed by atoms with van der Waals surface area (Å²) in [4.78, 5) is 22.7. The lowest BCUT2D eigenvalue weighted by atomic mass is 10.2. The van der Waals surface area contributed by atoms with Crippen molar-refractivity contribution < 1.29 is 19.8 Å². The minimum absolute atomic E-state index is 0.0855. The van der Waals surface area contributed by atoms with E-state index in [4.69, 9.17) is 33.4 Å². The number of hydrogen-bond acceptors (Lipinski definition) is 4. The summed E-state index contributed by atoms with van der Waals surface area (Å²) >= 11 is 11.7. The summed E-state index contributed by atoms with van der Waals surface area (Å²) in [5, 5.41) is 23.1. The molecule has 4 N–H and O–H groups in total. The van der Waals surface area contributed by atoms with E-state index < -0.39 is 17.9 Å². The smallest absolute Gasteiger partial charge is 0.321 e. The Kier molecular flexibility index (Phi) is 6.74. The monoisotopic (exact) mass is 320 g/mol. The normalized spacial score (nSPS) is 11.9. The van der Waals surface area contributed by atoms with Crippen LogP contribution in [0.4, 0.5) is 5.69 Å². The van der Waals surface area contributed by atoms with E-state index in [9.17, 15) is 9.59 Å². The van der Waals surface area contributed by atoms with Crippen molar-refractivity contribution in [1.29, 1.82) is 0 Å². The quantitative estimate of drug-likeness (QED) is 0.608. The summed E-state index contributed by atoms with van der Waals surface area (Å²) in [6, 6.07) is 3.66. The summed E-state index contributed by atoms with van der Waals surface area (Å²) in [6.45, 7) is -0.131. The van der Waals surface area contributed by atoms with Gasteiger partial charge in [0.05, 0.1) is 28.8 Å². The van der Waals surface area contributed by atoms with Gasteiger partial charge in [0.25, 0.3) is 0 Å². The van der Waals surface area contributed by atoms with Gasteiger partial charge in [0.15, 0.2) is 0 Å². The number of carbonyl (C=O) groups excluding carboxylic acids is 1. The lowest BCUT2D eigenvalue weighted by Crippen LogP contribution is -2.41. The maximum atomic E-state index is 11.8. The van der Waals surface area contributed by atoms with E-state index >= 15 is 0 Å². The van der Waals surface area contributed by atoms with E-state index in [0.29, 0.717) is 5.69 Å². The van der Waals surface area contributed by atoms with E-state index in [1.54, 1.807) is 18.2 Å². The lowest BCUT2D eigenvalue weighted by molar-refractivity contribution is -0.141. The standard InChI is InChI=1S/C12H14Cl2N2O4/c13-7-2-1-3-8(11(7)14)16-10(18)6-9(12(19)20)15-4-5-17/h1-3,9,15,17H,4-6H2,(H,16,18)(H,19,20)/t9-/m0/s1. The largest absolute Gasteiger partial charge is 0.480 e. The first-order valence-electron chi connectivity index (χ1n) is 5.76. The van der Waals surface area contributed by atoms with Crippen LogP contribution in [0.1, 0.15) is 6.42 Å². The number of benzene rings is 1. The summed E-state index contributed by atoms with van der Waals surface area (Å²) < 4.78 is 0. The number of amides is 1. The van der Waals surface area contributed by atoms with Gasteiger partial charge in [0, 0.05) is 6.54 Å². The van der Waals surface area contributed by atoms with Crippen molar-refractivity contribution in [2.45, 2.75) is 12.5 Å². The molecule has 0 radical (unpaired) electrons. The Hall–Kier alpha value is -1.34. The Bertz CT molecular complexity index is 496. The minimum atomic E-state index is -1.18. The zero-order valence-corrected chi connectivity index (χ0v) is 11.9. The maximum absolute atomic E-state index is 11.8. The van der Waals surface area contributed by atoms with Crippen molar-refractivity contribution >= 4 is 40.8 Å². The van der Waals surface area contributed by atoms with Crippen molar-refractivity contribution in [2.24, 2.45) is 0 Å². The van der Waals surface area contributed by atoms with Crippen molar-refractivity contribution in [3.05, 3.63) is 28.2 Å². The molecule has 110 valence electrons. The summed E-state index contributed by atoms with van der Waals surface area (Å²) in [5.74, 6) is -1.70. The van der Waals surface area contributed by atoms with E-state index in [0.717, 1.165) is 0 Å². The van der Waals surface area contributed by atoms with Crippen LogP contribution in [0, 0.1) is 0 Å². The molecule has 0 fully saturated rings. The van der Waals surface area contributed by atoms with Gasteiger partial charge >= 0.3 is 5.97 Å². The highest BCUT2D eigenvalue weighted by Gasteiger charge is 2.21. The Balaban J connectivity index is 2.66. The number of carboxylic acids is 1. The van der Waals surface area contributed by atoms with Gasteiger partial charge in [-0.3, -0.25) is 9.59 Å². The molecule has 1 aromatic carbocycles. The maximum Gasteiger partial charge on any atom is 0.321 e. The number of aliphatic carboxylic acids is 1. The highest BCUT2D eigenvalue weighted by atomic mass is 35.5. The summed E-state index contributed by atoms with van der Waals surface area (Å²) in [6.07, 6.45) is -0.293. The number of hydrogen-bond donors (Lipinski definition) is 4. The SMILES string of the molecule is O=C(C[C@H](NCCO)C(=O)O)Nc1cccc(Cl)c1Cl. The molecule has 6 nitrogen and oxygen atoms in total. The molecule has 0 spiro atoms. The van der Waals surface area contributed by atoms with E-state index in [2.05, 4.69) is 10.6 Å². The van der Waals surface area contributed by atoms with Crippen LogP contribution in [0.25, 0.3) is 0 Å². The van der Waals surface area contributed by atoms with Gasteiger partial charge in [-0.05, 0) is 12.1 Å². The van der Waals surface area contributed by atoms with Gasteiger partial charge in [-0.25, -0.2) is 0 Å². The predicted octanol–water partition coefficient (Wildman–Crippen LogP) is 1.36. The first-order chi connectivity index (χ1) is 9.45. The van der Waals surface area contributed by atoms with Gasteiger partial charge < -0.3 is 20.8 Å². The fourth-order valence-corrected chi connectivity index (χ4v) is 1.82. The molecule has 1 aromatic rings. The Morgan fingerprint density at radius 3 is 2.60 bits per heavy atom. The number of rotatable bonds is 7. The molecule has 0 aromatic heterocycles. The fraction of sp³-hybridized carbons (Fsp3) is 0.333. The molecule has 0 aliphatic rings. The third-order valence-electron chi connectivity index (χ3n) is 2.42. The van der Waals surface area contributed by atoms with E-state index in [1.807, 2.05) is 0 Å². The molecule has 0 bridgehead atoms. The van der Waals surface area contributed by atoms with Crippen LogP contribution in [0.15, 0.2) is 18.2 Å². The number of aliphatic hydroxyl groups is 1. The molecule has 8 heteroatoms. The van der Waals surface area contributed by atoms with Crippen LogP contribution in [-0.2, 0) is 9.59 Å². The number of carbonyl (C=O) groups is 2. The molecule has 0 unspecified atom stereocenters. The number of nitrogens with one attached hydrogen (secondary N) is 2. The van der Waals surface area contributed by atoms with E-state index in [1.165, 1.54) is 0 Å². The Morgan fingerprint density at radius 2 is 2.00 bits per heavy atom. The molecule has 20 heavy (non-hydrogen) atoms. The minimum Gasteiger partial charge on any atom is -0.480 e. The van der Waals surface area contributed by atoms with Crippen molar-refractivity contribution in [3.8, 4) is 0 Å². The van der Waals surface area contributed by atoms with Crippen LogP contribution in [0.2, 0.25) is 10.0 Å². The molecule has 1 rings (SSSR count). The molecular weight excluding hydrogens is 307 g/mol. The second-order valence-electron chi connectivity index (χ2n) is 3.92.